The van der Waals surface area contributed by atoms with Crippen LogP contribution in [0.15, 0.2) is 36.4 Å². The van der Waals surface area contributed by atoms with Gasteiger partial charge in [-0.3, -0.25) is 0 Å². The summed E-state index contributed by atoms with van der Waals surface area (Å²) in [5.74, 6) is 0.0584. The third kappa shape index (κ3) is 4.95. The molecule has 0 atom stereocenters. The molecule has 32 heavy (non-hydrogen) atoms. The SMILES string of the molecule is CCc1ccccc1C(=O)ON(CC(C)C)c1cc2c(cc1C)N(C(C)C)CCC2(C)C. The van der Waals surface area contributed by atoms with Gasteiger partial charge in [0, 0.05) is 18.3 Å². The maximum absolute atomic E-state index is 13.2. The van der Waals surface area contributed by atoms with E-state index in [1.807, 2.05) is 29.3 Å². The number of fused-ring (bicyclic) bond motifs is 1. The molecule has 0 amide bonds. The standard InChI is InChI=1S/C28H40N2O2/c1-9-22-12-10-11-13-23(22)27(31)32-30(18-19(2)3)25-17-24-26(16-21(25)6)29(20(4)5)15-14-28(24,7)8/h10-13,16-17,19-20H,9,14-15,18H2,1-8H3. The molecule has 0 aliphatic carbocycles. The maximum atomic E-state index is 13.2. The molecule has 2 aromatic carbocycles. The third-order valence-corrected chi connectivity index (χ3v) is 6.56. The van der Waals surface area contributed by atoms with Crippen LogP contribution in [0.1, 0.15) is 81.9 Å². The minimum atomic E-state index is -0.289. The summed E-state index contributed by atoms with van der Waals surface area (Å²) in [5.41, 5.74) is 6.48. The third-order valence-electron chi connectivity index (χ3n) is 6.56. The molecule has 0 saturated carbocycles. The van der Waals surface area contributed by atoms with Crippen LogP contribution < -0.4 is 9.96 Å². The summed E-state index contributed by atoms with van der Waals surface area (Å²) >= 11 is 0. The number of benzene rings is 2. The highest BCUT2D eigenvalue weighted by molar-refractivity contribution is 5.91. The van der Waals surface area contributed by atoms with Crippen LogP contribution in [0.5, 0.6) is 0 Å². The Morgan fingerprint density at radius 1 is 1.16 bits per heavy atom. The second-order valence-corrected chi connectivity index (χ2v) is 10.4. The van der Waals surface area contributed by atoms with E-state index in [2.05, 4.69) is 72.4 Å². The largest absolute Gasteiger partial charge is 0.369 e. The van der Waals surface area contributed by atoms with Crippen molar-refractivity contribution in [2.24, 2.45) is 5.92 Å². The van der Waals surface area contributed by atoms with Gasteiger partial charge in [0.1, 0.15) is 0 Å². The molecule has 0 spiro atoms. The highest BCUT2D eigenvalue weighted by Gasteiger charge is 2.34. The number of nitrogens with zero attached hydrogens (tertiary/aromatic N) is 2. The first-order valence-electron chi connectivity index (χ1n) is 12.0. The molecular weight excluding hydrogens is 396 g/mol. The van der Waals surface area contributed by atoms with E-state index in [1.165, 1.54) is 11.3 Å². The van der Waals surface area contributed by atoms with E-state index < -0.39 is 0 Å². The van der Waals surface area contributed by atoms with Crippen molar-refractivity contribution in [2.75, 3.05) is 23.1 Å². The zero-order chi connectivity index (χ0) is 23.6. The Bertz CT molecular complexity index is 962. The summed E-state index contributed by atoms with van der Waals surface area (Å²) in [4.78, 5) is 21.8. The topological polar surface area (TPSA) is 32.8 Å². The molecule has 1 aliphatic heterocycles. The molecule has 3 rings (SSSR count). The Morgan fingerprint density at radius 3 is 2.47 bits per heavy atom. The molecule has 0 saturated heterocycles. The minimum absolute atomic E-state index is 0.0749. The minimum Gasteiger partial charge on any atom is -0.369 e. The number of hydroxylamine groups is 1. The quantitative estimate of drug-likeness (QED) is 0.453. The summed E-state index contributed by atoms with van der Waals surface area (Å²) < 4.78 is 0. The predicted molar refractivity (Wildman–Crippen MR) is 135 cm³/mol. The molecule has 2 aromatic rings. The van der Waals surface area contributed by atoms with Gasteiger partial charge in [-0.15, -0.1) is 0 Å². The Hall–Kier alpha value is -2.49. The van der Waals surface area contributed by atoms with Gasteiger partial charge in [-0.25, -0.2) is 9.86 Å². The van der Waals surface area contributed by atoms with Crippen LogP contribution >= 0.6 is 0 Å². The van der Waals surface area contributed by atoms with Gasteiger partial charge in [0.25, 0.3) is 0 Å². The number of hydrogen-bond donors (Lipinski definition) is 0. The van der Waals surface area contributed by atoms with Crippen LogP contribution in [-0.4, -0.2) is 25.1 Å². The summed E-state index contributed by atoms with van der Waals surface area (Å²) in [7, 11) is 0. The lowest BCUT2D eigenvalue weighted by Gasteiger charge is -2.43. The fourth-order valence-electron chi connectivity index (χ4n) is 4.61. The molecule has 0 bridgehead atoms. The number of anilines is 2. The van der Waals surface area contributed by atoms with Gasteiger partial charge in [-0.05, 0) is 79.8 Å². The van der Waals surface area contributed by atoms with Gasteiger partial charge in [0.15, 0.2) is 0 Å². The van der Waals surface area contributed by atoms with Crippen molar-refractivity contribution in [1.29, 1.82) is 0 Å². The van der Waals surface area contributed by atoms with Gasteiger partial charge in [-0.1, -0.05) is 52.8 Å². The normalized spacial score (nSPS) is 15.1. The van der Waals surface area contributed by atoms with Crippen molar-refractivity contribution in [2.45, 2.75) is 79.7 Å². The van der Waals surface area contributed by atoms with E-state index in [4.69, 9.17) is 4.84 Å². The summed E-state index contributed by atoms with van der Waals surface area (Å²) in [5, 5.41) is 1.82. The fourth-order valence-corrected chi connectivity index (χ4v) is 4.61. The Morgan fingerprint density at radius 2 is 1.84 bits per heavy atom. The zero-order valence-electron chi connectivity index (χ0n) is 21.2. The summed E-state index contributed by atoms with van der Waals surface area (Å²) in [6.45, 7) is 19.3. The van der Waals surface area contributed by atoms with Gasteiger partial charge in [0.05, 0.1) is 17.8 Å². The molecule has 1 aliphatic rings. The fraction of sp³-hybridized carbons (Fsp3) is 0.536. The van der Waals surface area contributed by atoms with Gasteiger partial charge < -0.3 is 9.74 Å². The first kappa shape index (κ1) is 24.2. The van der Waals surface area contributed by atoms with Crippen molar-refractivity contribution in [3.05, 3.63) is 58.7 Å². The first-order chi connectivity index (χ1) is 15.0. The lowest BCUT2D eigenvalue weighted by molar-refractivity contribution is 0.0437. The molecule has 0 radical (unpaired) electrons. The number of aryl methyl sites for hydroxylation is 2. The highest BCUT2D eigenvalue weighted by Crippen LogP contribution is 2.43. The lowest BCUT2D eigenvalue weighted by Crippen LogP contribution is -2.41. The van der Waals surface area contributed by atoms with E-state index in [9.17, 15) is 4.79 Å². The van der Waals surface area contributed by atoms with Crippen molar-refractivity contribution in [1.82, 2.24) is 0 Å². The Balaban J connectivity index is 2.04. The molecule has 4 nitrogen and oxygen atoms in total. The molecular formula is C28H40N2O2. The molecule has 4 heteroatoms. The van der Waals surface area contributed by atoms with E-state index in [1.54, 1.807) is 0 Å². The Kier molecular flexibility index (Phi) is 7.22. The smallest absolute Gasteiger partial charge is 0.363 e. The molecule has 0 N–H and O–H groups in total. The first-order valence-corrected chi connectivity index (χ1v) is 12.0. The molecule has 0 fully saturated rings. The van der Waals surface area contributed by atoms with Crippen molar-refractivity contribution < 1.29 is 9.63 Å². The van der Waals surface area contributed by atoms with Gasteiger partial charge >= 0.3 is 5.97 Å². The number of carbonyl (C=O) groups is 1. The summed E-state index contributed by atoms with van der Waals surface area (Å²) in [6, 6.07) is 12.7. The van der Waals surface area contributed by atoms with E-state index in [-0.39, 0.29) is 11.4 Å². The van der Waals surface area contributed by atoms with Crippen molar-refractivity contribution in [3.8, 4) is 0 Å². The van der Waals surface area contributed by atoms with Crippen LogP contribution in [-0.2, 0) is 16.7 Å². The van der Waals surface area contributed by atoms with Crippen LogP contribution in [0.2, 0.25) is 0 Å². The van der Waals surface area contributed by atoms with Gasteiger partial charge in [0.2, 0.25) is 0 Å². The second kappa shape index (κ2) is 9.56. The Labute approximate surface area is 194 Å². The monoisotopic (exact) mass is 436 g/mol. The molecule has 0 unspecified atom stereocenters. The van der Waals surface area contributed by atoms with E-state index in [0.717, 1.165) is 36.2 Å². The van der Waals surface area contributed by atoms with E-state index >= 15 is 0 Å². The van der Waals surface area contributed by atoms with Crippen LogP contribution in [0.25, 0.3) is 0 Å². The van der Waals surface area contributed by atoms with Gasteiger partial charge in [-0.2, -0.15) is 0 Å². The van der Waals surface area contributed by atoms with Crippen LogP contribution in [0, 0.1) is 12.8 Å². The average molecular weight is 437 g/mol. The maximum Gasteiger partial charge on any atom is 0.363 e. The predicted octanol–water partition coefficient (Wildman–Crippen LogP) is 6.69. The van der Waals surface area contributed by atoms with E-state index in [0.29, 0.717) is 24.1 Å². The van der Waals surface area contributed by atoms with Crippen molar-refractivity contribution in [3.63, 3.8) is 0 Å². The molecule has 1 heterocycles. The lowest BCUT2D eigenvalue weighted by atomic mass is 9.76. The van der Waals surface area contributed by atoms with Crippen molar-refractivity contribution >= 4 is 17.3 Å². The highest BCUT2D eigenvalue weighted by atomic mass is 16.7. The van der Waals surface area contributed by atoms with Crippen LogP contribution in [0.4, 0.5) is 11.4 Å². The zero-order valence-corrected chi connectivity index (χ0v) is 21.2. The number of rotatable bonds is 7. The van der Waals surface area contributed by atoms with Crippen LogP contribution in [0.3, 0.4) is 0 Å². The molecule has 174 valence electrons. The average Bonchev–Trinajstić information content (AvgIpc) is 2.72. The second-order valence-electron chi connectivity index (χ2n) is 10.4. The number of hydrogen-bond acceptors (Lipinski definition) is 4. The molecule has 0 aromatic heterocycles. The summed E-state index contributed by atoms with van der Waals surface area (Å²) in [6.07, 6.45) is 1.90. The number of carbonyl (C=O) groups excluding carboxylic acids is 1.